The molecule has 2 heterocycles. The Balaban J connectivity index is 1.84. The molecule has 5 nitrogen and oxygen atoms in total. The average Bonchev–Trinajstić information content (AvgIpc) is 3.06. The number of nitrogens with zero attached hydrogens (tertiary/aromatic N) is 2. The van der Waals surface area contributed by atoms with Crippen molar-refractivity contribution in [2.75, 3.05) is 19.5 Å². The molecule has 21 heavy (non-hydrogen) atoms. The summed E-state index contributed by atoms with van der Waals surface area (Å²) < 4.78 is 12.6. The van der Waals surface area contributed by atoms with Gasteiger partial charge in [-0.25, -0.2) is 0 Å². The third kappa shape index (κ3) is 2.54. The Bertz CT molecular complexity index is 763. The first kappa shape index (κ1) is 13.8. The molecule has 0 saturated carbocycles. The summed E-state index contributed by atoms with van der Waals surface area (Å²) in [4.78, 5) is 5.39. The molecule has 1 aromatic carbocycles. The van der Waals surface area contributed by atoms with Crippen LogP contribution in [0.4, 0.5) is 5.69 Å². The first-order chi connectivity index (χ1) is 10.2. The van der Waals surface area contributed by atoms with E-state index in [1.54, 1.807) is 25.6 Å². The summed E-state index contributed by atoms with van der Waals surface area (Å²) in [7, 11) is 3.32. The molecule has 110 valence electrons. The van der Waals surface area contributed by atoms with Crippen LogP contribution in [0.1, 0.15) is 11.3 Å². The third-order valence-electron chi connectivity index (χ3n) is 3.40. The lowest BCUT2D eigenvalue weighted by molar-refractivity contribution is 0.395. The molecule has 0 radical (unpaired) electrons. The number of ether oxygens (including phenoxy) is 2. The van der Waals surface area contributed by atoms with Gasteiger partial charge in [-0.05, 0) is 30.7 Å². The smallest absolute Gasteiger partial charge is 0.238 e. The van der Waals surface area contributed by atoms with Crippen LogP contribution in [0.25, 0.3) is 4.96 Å². The minimum Gasteiger partial charge on any atom is -0.497 e. The maximum Gasteiger partial charge on any atom is 0.238 e. The van der Waals surface area contributed by atoms with Gasteiger partial charge in [0.25, 0.3) is 0 Å². The molecule has 0 amide bonds. The lowest BCUT2D eigenvalue weighted by Gasteiger charge is -2.11. The van der Waals surface area contributed by atoms with Gasteiger partial charge in [0.15, 0.2) is 4.96 Å². The zero-order valence-corrected chi connectivity index (χ0v) is 13.0. The molecule has 0 atom stereocenters. The lowest BCUT2D eigenvalue weighted by Crippen LogP contribution is -2.05. The number of imidazole rings is 1. The van der Waals surface area contributed by atoms with Gasteiger partial charge in [-0.1, -0.05) is 0 Å². The summed E-state index contributed by atoms with van der Waals surface area (Å²) in [6, 6.07) is 5.98. The standard InChI is InChI=1S/C15H17N3O2S/c1-10-8-11(19-2)4-5-12(10)16-9-13-14(20-3)17-15-18(13)6-7-21-15/h4-8,16H,9H2,1-3H3. The molecule has 0 aliphatic rings. The number of anilines is 1. The Hall–Kier alpha value is -2.21. The number of methoxy groups -OCH3 is 2. The van der Waals surface area contributed by atoms with Gasteiger partial charge in [-0.15, -0.1) is 11.3 Å². The van der Waals surface area contributed by atoms with Gasteiger partial charge in [0.2, 0.25) is 5.88 Å². The molecule has 1 N–H and O–H groups in total. The molecule has 3 rings (SSSR count). The molecule has 0 aliphatic heterocycles. The summed E-state index contributed by atoms with van der Waals surface area (Å²) in [6.07, 6.45) is 2.01. The Morgan fingerprint density at radius 2 is 2.14 bits per heavy atom. The van der Waals surface area contributed by atoms with Gasteiger partial charge < -0.3 is 14.8 Å². The Kier molecular flexibility index (Phi) is 3.70. The highest BCUT2D eigenvalue weighted by Crippen LogP contribution is 2.26. The highest BCUT2D eigenvalue weighted by atomic mass is 32.1. The van der Waals surface area contributed by atoms with Gasteiger partial charge in [-0.2, -0.15) is 4.98 Å². The van der Waals surface area contributed by atoms with Crippen molar-refractivity contribution in [1.29, 1.82) is 0 Å². The highest BCUT2D eigenvalue weighted by Gasteiger charge is 2.13. The highest BCUT2D eigenvalue weighted by molar-refractivity contribution is 7.15. The SMILES string of the molecule is COc1ccc(NCc2c(OC)nc3sccn23)c(C)c1. The molecular formula is C15H17N3O2S. The zero-order chi connectivity index (χ0) is 14.8. The largest absolute Gasteiger partial charge is 0.497 e. The van der Waals surface area contributed by atoms with E-state index in [-0.39, 0.29) is 0 Å². The molecule has 6 heteroatoms. The van der Waals surface area contributed by atoms with Crippen LogP contribution in [0.5, 0.6) is 11.6 Å². The first-order valence-electron chi connectivity index (χ1n) is 6.60. The summed E-state index contributed by atoms with van der Waals surface area (Å²) in [6.45, 7) is 2.70. The van der Waals surface area contributed by atoms with Crippen LogP contribution in [0.3, 0.4) is 0 Å². The van der Waals surface area contributed by atoms with E-state index in [2.05, 4.69) is 21.6 Å². The second kappa shape index (κ2) is 5.65. The van der Waals surface area contributed by atoms with Crippen molar-refractivity contribution in [2.24, 2.45) is 0 Å². The van der Waals surface area contributed by atoms with Crippen molar-refractivity contribution in [3.8, 4) is 11.6 Å². The van der Waals surface area contributed by atoms with Crippen molar-refractivity contribution in [3.05, 3.63) is 41.0 Å². The molecule has 0 fully saturated rings. The Labute approximate surface area is 127 Å². The Morgan fingerprint density at radius 3 is 2.86 bits per heavy atom. The fourth-order valence-electron chi connectivity index (χ4n) is 2.28. The maximum atomic E-state index is 5.36. The number of thiazole rings is 1. The second-order valence-electron chi connectivity index (χ2n) is 4.66. The molecule has 0 unspecified atom stereocenters. The number of fused-ring (bicyclic) bond motifs is 1. The summed E-state index contributed by atoms with van der Waals surface area (Å²) in [5, 5.41) is 5.45. The van der Waals surface area contributed by atoms with E-state index in [9.17, 15) is 0 Å². The normalized spacial score (nSPS) is 10.8. The van der Waals surface area contributed by atoms with Crippen LogP contribution in [-0.4, -0.2) is 23.6 Å². The van der Waals surface area contributed by atoms with Crippen molar-refractivity contribution in [2.45, 2.75) is 13.5 Å². The van der Waals surface area contributed by atoms with E-state index in [0.717, 1.165) is 27.7 Å². The summed E-state index contributed by atoms with van der Waals surface area (Å²) in [5.74, 6) is 1.53. The Morgan fingerprint density at radius 1 is 1.29 bits per heavy atom. The maximum absolute atomic E-state index is 5.36. The monoisotopic (exact) mass is 303 g/mol. The van der Waals surface area contributed by atoms with E-state index in [1.807, 2.05) is 29.8 Å². The van der Waals surface area contributed by atoms with E-state index >= 15 is 0 Å². The van der Waals surface area contributed by atoms with Crippen molar-refractivity contribution < 1.29 is 9.47 Å². The molecule has 0 aliphatic carbocycles. The molecule has 3 aromatic rings. The van der Waals surface area contributed by atoms with Crippen LogP contribution in [-0.2, 0) is 6.54 Å². The molecule has 0 saturated heterocycles. The lowest BCUT2D eigenvalue weighted by atomic mass is 10.2. The van der Waals surface area contributed by atoms with Gasteiger partial charge in [-0.3, -0.25) is 4.40 Å². The van der Waals surface area contributed by atoms with E-state index in [0.29, 0.717) is 12.4 Å². The van der Waals surface area contributed by atoms with Crippen LogP contribution in [0.15, 0.2) is 29.8 Å². The first-order valence-corrected chi connectivity index (χ1v) is 7.48. The summed E-state index contributed by atoms with van der Waals surface area (Å²) >= 11 is 1.59. The number of nitrogens with one attached hydrogen (secondary N) is 1. The number of rotatable bonds is 5. The topological polar surface area (TPSA) is 47.8 Å². The fourth-order valence-corrected chi connectivity index (χ4v) is 3.00. The van der Waals surface area contributed by atoms with Crippen LogP contribution < -0.4 is 14.8 Å². The molecule has 0 bridgehead atoms. The third-order valence-corrected chi connectivity index (χ3v) is 4.15. The number of aryl methyl sites for hydroxylation is 1. The van der Waals surface area contributed by atoms with E-state index in [1.165, 1.54) is 0 Å². The average molecular weight is 303 g/mol. The molecule has 2 aromatic heterocycles. The predicted molar refractivity (Wildman–Crippen MR) is 84.7 cm³/mol. The molecular weight excluding hydrogens is 286 g/mol. The van der Waals surface area contributed by atoms with Crippen LogP contribution >= 0.6 is 11.3 Å². The number of hydrogen-bond donors (Lipinski definition) is 1. The van der Waals surface area contributed by atoms with Crippen LogP contribution in [0.2, 0.25) is 0 Å². The fraction of sp³-hybridized carbons (Fsp3) is 0.267. The molecule has 0 spiro atoms. The van der Waals surface area contributed by atoms with E-state index in [4.69, 9.17) is 9.47 Å². The minimum atomic E-state index is 0.647. The summed E-state index contributed by atoms with van der Waals surface area (Å²) in [5.41, 5.74) is 3.23. The van der Waals surface area contributed by atoms with E-state index < -0.39 is 0 Å². The van der Waals surface area contributed by atoms with Crippen molar-refractivity contribution >= 4 is 22.0 Å². The quantitative estimate of drug-likeness (QED) is 0.785. The van der Waals surface area contributed by atoms with Gasteiger partial charge >= 0.3 is 0 Å². The minimum absolute atomic E-state index is 0.647. The van der Waals surface area contributed by atoms with Gasteiger partial charge in [0.05, 0.1) is 20.8 Å². The van der Waals surface area contributed by atoms with Crippen molar-refractivity contribution in [3.63, 3.8) is 0 Å². The predicted octanol–water partition coefficient (Wildman–Crippen LogP) is 3.33. The van der Waals surface area contributed by atoms with Crippen molar-refractivity contribution in [1.82, 2.24) is 9.38 Å². The zero-order valence-electron chi connectivity index (χ0n) is 12.2. The number of aromatic nitrogens is 2. The number of benzene rings is 1. The van der Waals surface area contributed by atoms with Gasteiger partial charge in [0, 0.05) is 17.3 Å². The second-order valence-corrected chi connectivity index (χ2v) is 5.53. The number of hydrogen-bond acceptors (Lipinski definition) is 5. The van der Waals surface area contributed by atoms with Gasteiger partial charge in [0.1, 0.15) is 11.4 Å². The van der Waals surface area contributed by atoms with Crippen LogP contribution in [0, 0.1) is 6.92 Å².